The SMILES string of the molecule is Cc1nn(-c2ccc3nncn3n2)c2c1[C@@H](c1ccccc1OCc1ccccc1)CC(=O)N2. The summed E-state index contributed by atoms with van der Waals surface area (Å²) in [6.45, 7) is 2.40. The Hall–Kier alpha value is -4.53. The molecule has 0 aliphatic carbocycles. The quantitative estimate of drug-likeness (QED) is 0.438. The molecule has 1 atom stereocenters. The number of aromatic nitrogens is 6. The van der Waals surface area contributed by atoms with Crippen LogP contribution in [0.25, 0.3) is 11.5 Å². The zero-order chi connectivity index (χ0) is 23.1. The second-order valence-electron chi connectivity index (χ2n) is 8.20. The molecule has 0 spiro atoms. The van der Waals surface area contributed by atoms with E-state index < -0.39 is 0 Å². The fraction of sp³-hybridized carbons (Fsp3) is 0.160. The molecule has 0 radical (unpaired) electrons. The monoisotopic (exact) mass is 451 g/mol. The first-order valence-electron chi connectivity index (χ1n) is 11.0. The molecule has 0 unspecified atom stereocenters. The summed E-state index contributed by atoms with van der Waals surface area (Å²) in [5.41, 5.74) is 4.45. The molecule has 9 nitrogen and oxygen atoms in total. The second kappa shape index (κ2) is 8.11. The lowest BCUT2D eigenvalue weighted by atomic mass is 9.85. The number of rotatable bonds is 5. The maximum atomic E-state index is 12.8. The summed E-state index contributed by atoms with van der Waals surface area (Å²) >= 11 is 0. The van der Waals surface area contributed by atoms with Gasteiger partial charge in [0.2, 0.25) is 5.91 Å². The smallest absolute Gasteiger partial charge is 0.226 e. The van der Waals surface area contributed by atoms with E-state index in [2.05, 4.69) is 20.6 Å². The lowest BCUT2D eigenvalue weighted by molar-refractivity contribution is -0.116. The van der Waals surface area contributed by atoms with Gasteiger partial charge in [-0.05, 0) is 30.7 Å². The van der Waals surface area contributed by atoms with Crippen molar-refractivity contribution in [3.05, 3.63) is 95.4 Å². The number of nitrogens with one attached hydrogen (secondary N) is 1. The summed E-state index contributed by atoms with van der Waals surface area (Å²) in [5.74, 6) is 1.67. The van der Waals surface area contributed by atoms with Gasteiger partial charge >= 0.3 is 0 Å². The lowest BCUT2D eigenvalue weighted by Crippen LogP contribution is -2.25. The first kappa shape index (κ1) is 20.1. The maximum absolute atomic E-state index is 12.8. The first-order chi connectivity index (χ1) is 16.7. The highest BCUT2D eigenvalue weighted by Gasteiger charge is 2.34. The highest BCUT2D eigenvalue weighted by Crippen LogP contribution is 2.43. The average molecular weight is 451 g/mol. The normalized spacial score (nSPS) is 15.2. The minimum Gasteiger partial charge on any atom is -0.489 e. The molecule has 6 rings (SSSR count). The lowest BCUT2D eigenvalue weighted by Gasteiger charge is -2.26. The third-order valence-electron chi connectivity index (χ3n) is 6.00. The Kier molecular flexibility index (Phi) is 4.80. The predicted octanol–water partition coefficient (Wildman–Crippen LogP) is 3.67. The van der Waals surface area contributed by atoms with Crippen LogP contribution in [0, 0.1) is 6.92 Å². The van der Waals surface area contributed by atoms with Crippen LogP contribution in [-0.2, 0) is 11.4 Å². The van der Waals surface area contributed by atoms with Gasteiger partial charge in [-0.25, -0.2) is 0 Å². The Morgan fingerprint density at radius 3 is 2.74 bits per heavy atom. The Labute approximate surface area is 195 Å². The molecule has 9 heteroatoms. The van der Waals surface area contributed by atoms with Crippen molar-refractivity contribution in [2.75, 3.05) is 5.32 Å². The summed E-state index contributed by atoms with van der Waals surface area (Å²) in [6.07, 6.45) is 1.84. The molecular weight excluding hydrogens is 430 g/mol. The molecule has 5 aromatic rings. The van der Waals surface area contributed by atoms with Crippen molar-refractivity contribution in [2.45, 2.75) is 25.9 Å². The first-order valence-corrected chi connectivity index (χ1v) is 11.0. The molecule has 2 aromatic carbocycles. The van der Waals surface area contributed by atoms with E-state index >= 15 is 0 Å². The molecule has 1 aliphatic heterocycles. The van der Waals surface area contributed by atoms with Crippen LogP contribution in [0.5, 0.6) is 5.75 Å². The van der Waals surface area contributed by atoms with E-state index in [-0.39, 0.29) is 11.8 Å². The number of hydrogen-bond donors (Lipinski definition) is 1. The van der Waals surface area contributed by atoms with Crippen LogP contribution < -0.4 is 10.1 Å². The Morgan fingerprint density at radius 2 is 1.85 bits per heavy atom. The standard InChI is InChI=1S/C25H21N7O2/c1-16-24-19(18-9-5-6-10-20(18)34-14-17-7-3-2-4-8-17)13-23(33)27-25(24)32(29-16)22-12-11-21-28-26-15-31(21)30-22/h2-12,15,19H,13-14H2,1H3,(H,27,33)/t19-/m1/s1. The van der Waals surface area contributed by atoms with E-state index in [4.69, 9.17) is 9.84 Å². The van der Waals surface area contributed by atoms with Gasteiger partial charge in [0.1, 0.15) is 24.5 Å². The van der Waals surface area contributed by atoms with Gasteiger partial charge in [-0.3, -0.25) is 4.79 Å². The summed E-state index contributed by atoms with van der Waals surface area (Å²) in [4.78, 5) is 12.8. The van der Waals surface area contributed by atoms with Crippen LogP contribution in [0.2, 0.25) is 0 Å². The van der Waals surface area contributed by atoms with Crippen molar-refractivity contribution in [2.24, 2.45) is 0 Å². The summed E-state index contributed by atoms with van der Waals surface area (Å²) < 4.78 is 9.45. The molecule has 168 valence electrons. The number of para-hydroxylation sites is 1. The average Bonchev–Trinajstić information content (AvgIpc) is 3.47. The van der Waals surface area contributed by atoms with Crippen LogP contribution in [0.1, 0.15) is 34.7 Å². The van der Waals surface area contributed by atoms with Crippen LogP contribution in [-0.4, -0.2) is 35.5 Å². The van der Waals surface area contributed by atoms with Gasteiger partial charge < -0.3 is 10.1 Å². The number of anilines is 1. The number of nitrogens with zero attached hydrogens (tertiary/aromatic N) is 6. The minimum absolute atomic E-state index is 0.0816. The number of carbonyl (C=O) groups excluding carboxylic acids is 1. The minimum atomic E-state index is -0.192. The van der Waals surface area contributed by atoms with Gasteiger partial charge in [-0.1, -0.05) is 48.5 Å². The molecule has 4 heterocycles. The van der Waals surface area contributed by atoms with Gasteiger partial charge in [0, 0.05) is 23.5 Å². The van der Waals surface area contributed by atoms with Crippen molar-refractivity contribution in [1.82, 2.24) is 29.6 Å². The number of carbonyl (C=O) groups is 1. The molecule has 0 fully saturated rings. The topological polar surface area (TPSA) is 99.2 Å². The fourth-order valence-corrected chi connectivity index (χ4v) is 4.45. The third kappa shape index (κ3) is 3.47. The van der Waals surface area contributed by atoms with Gasteiger partial charge in [-0.2, -0.15) is 14.3 Å². The molecule has 1 aliphatic rings. The Bertz CT molecular complexity index is 1510. The zero-order valence-corrected chi connectivity index (χ0v) is 18.4. The molecule has 0 saturated heterocycles. The largest absolute Gasteiger partial charge is 0.489 e. The van der Waals surface area contributed by atoms with Crippen molar-refractivity contribution in [1.29, 1.82) is 0 Å². The predicted molar refractivity (Wildman–Crippen MR) is 125 cm³/mol. The molecule has 1 amide bonds. The second-order valence-corrected chi connectivity index (χ2v) is 8.20. The van der Waals surface area contributed by atoms with Crippen molar-refractivity contribution >= 4 is 17.4 Å². The van der Waals surface area contributed by atoms with Crippen molar-refractivity contribution < 1.29 is 9.53 Å². The van der Waals surface area contributed by atoms with Gasteiger partial charge in [-0.15, -0.1) is 15.3 Å². The molecule has 1 N–H and O–H groups in total. The summed E-state index contributed by atoms with van der Waals surface area (Å²) in [7, 11) is 0. The van der Waals surface area contributed by atoms with Crippen LogP contribution in [0.15, 0.2) is 73.1 Å². The fourth-order valence-electron chi connectivity index (χ4n) is 4.45. The van der Waals surface area contributed by atoms with E-state index in [9.17, 15) is 4.79 Å². The number of amides is 1. The highest BCUT2D eigenvalue weighted by atomic mass is 16.5. The van der Waals surface area contributed by atoms with Gasteiger partial charge in [0.15, 0.2) is 11.5 Å². The van der Waals surface area contributed by atoms with Crippen LogP contribution in [0.3, 0.4) is 0 Å². The maximum Gasteiger partial charge on any atom is 0.226 e. The summed E-state index contributed by atoms with van der Waals surface area (Å²) in [5, 5.41) is 20.2. The Morgan fingerprint density at radius 1 is 1.03 bits per heavy atom. The number of fused-ring (bicyclic) bond motifs is 2. The van der Waals surface area contributed by atoms with E-state index in [1.807, 2.05) is 73.7 Å². The van der Waals surface area contributed by atoms with Crippen LogP contribution in [0.4, 0.5) is 5.82 Å². The van der Waals surface area contributed by atoms with Crippen molar-refractivity contribution in [3.63, 3.8) is 0 Å². The highest BCUT2D eigenvalue weighted by molar-refractivity contribution is 5.95. The summed E-state index contributed by atoms with van der Waals surface area (Å²) in [6, 6.07) is 21.5. The molecule has 0 bridgehead atoms. The molecule has 34 heavy (non-hydrogen) atoms. The molecule has 3 aromatic heterocycles. The number of ether oxygens (including phenoxy) is 1. The van der Waals surface area contributed by atoms with Gasteiger partial charge in [0.05, 0.1) is 5.69 Å². The van der Waals surface area contributed by atoms with Gasteiger partial charge in [0.25, 0.3) is 0 Å². The van der Waals surface area contributed by atoms with Crippen LogP contribution >= 0.6 is 0 Å². The zero-order valence-electron chi connectivity index (χ0n) is 18.4. The molecule has 0 saturated carbocycles. The number of hydrogen-bond acceptors (Lipinski definition) is 6. The van der Waals surface area contributed by atoms with E-state index in [0.717, 1.165) is 28.1 Å². The number of benzene rings is 2. The third-order valence-corrected chi connectivity index (χ3v) is 6.00. The van der Waals surface area contributed by atoms with E-state index in [1.54, 1.807) is 9.20 Å². The Balaban J connectivity index is 1.41. The molecular formula is C25H21N7O2. The number of aryl methyl sites for hydroxylation is 1. The van der Waals surface area contributed by atoms with Crippen molar-refractivity contribution in [3.8, 4) is 11.6 Å². The van der Waals surface area contributed by atoms with E-state index in [0.29, 0.717) is 30.3 Å². The van der Waals surface area contributed by atoms with E-state index in [1.165, 1.54) is 6.33 Å².